The molecule has 2 aromatic carbocycles. The zero-order valence-corrected chi connectivity index (χ0v) is 21.6. The Hall–Kier alpha value is -3.42. The van der Waals surface area contributed by atoms with Crippen molar-refractivity contribution in [3.05, 3.63) is 84.0 Å². The van der Waals surface area contributed by atoms with Crippen molar-refractivity contribution in [2.75, 3.05) is 26.7 Å². The molecular weight excluding hydrogens is 452 g/mol. The summed E-state index contributed by atoms with van der Waals surface area (Å²) in [6.07, 6.45) is 8.27. The lowest BCUT2D eigenvalue weighted by Gasteiger charge is -2.37. The molecule has 0 spiro atoms. The Kier molecular flexibility index (Phi) is 8.57. The summed E-state index contributed by atoms with van der Waals surface area (Å²) >= 11 is 0. The predicted molar refractivity (Wildman–Crippen MR) is 142 cm³/mol. The zero-order valence-electron chi connectivity index (χ0n) is 21.6. The molecule has 0 saturated carbocycles. The number of hydrogen-bond donors (Lipinski definition) is 1. The smallest absolute Gasteiger partial charge is 0.244 e. The molecule has 4 rings (SSSR count). The fourth-order valence-corrected chi connectivity index (χ4v) is 4.79. The number of rotatable bonds is 9. The highest BCUT2D eigenvalue weighted by atomic mass is 16.5. The van der Waals surface area contributed by atoms with Gasteiger partial charge in [0.15, 0.2) is 0 Å². The van der Waals surface area contributed by atoms with Gasteiger partial charge >= 0.3 is 0 Å². The average molecular weight is 489 g/mol. The van der Waals surface area contributed by atoms with Gasteiger partial charge < -0.3 is 19.4 Å². The van der Waals surface area contributed by atoms with Crippen molar-refractivity contribution in [2.24, 2.45) is 0 Å². The topological polar surface area (TPSA) is 68.6 Å². The van der Waals surface area contributed by atoms with E-state index in [1.54, 1.807) is 19.5 Å². The first-order valence-electron chi connectivity index (χ1n) is 12.5. The Labute approximate surface area is 213 Å². The van der Waals surface area contributed by atoms with E-state index in [2.05, 4.69) is 41.2 Å². The Morgan fingerprint density at radius 2 is 1.94 bits per heavy atom. The minimum Gasteiger partial charge on any atom is -0.495 e. The standard InChI is InChI=1S/C29H36N4O3/c1-21-16-33(20-30-21)27-12-10-25(15-28(27)35-4)11-13-29(34)31-26(14-24-8-6-5-7-9-24)19-32-17-22(2)36-23(3)18-32/h5-13,15-16,20,22-23,26H,14,17-19H2,1-4H3,(H,31,34)/t22-,23+,26-/m1/s1. The Bertz CT molecular complexity index is 1160. The number of ether oxygens (including phenoxy) is 2. The van der Waals surface area contributed by atoms with Crippen molar-refractivity contribution >= 4 is 12.0 Å². The summed E-state index contributed by atoms with van der Waals surface area (Å²) in [6, 6.07) is 16.1. The van der Waals surface area contributed by atoms with E-state index in [1.807, 2.05) is 60.2 Å². The van der Waals surface area contributed by atoms with Gasteiger partial charge in [0.2, 0.25) is 5.91 Å². The molecule has 0 aliphatic carbocycles. The number of hydrogen-bond acceptors (Lipinski definition) is 5. The van der Waals surface area contributed by atoms with Crippen molar-refractivity contribution in [3.8, 4) is 11.4 Å². The van der Waals surface area contributed by atoms with Gasteiger partial charge in [0.25, 0.3) is 0 Å². The van der Waals surface area contributed by atoms with Gasteiger partial charge in [-0.3, -0.25) is 9.69 Å². The molecule has 2 heterocycles. The number of amides is 1. The molecular formula is C29H36N4O3. The molecule has 1 saturated heterocycles. The first-order valence-corrected chi connectivity index (χ1v) is 12.5. The second-order valence-corrected chi connectivity index (χ2v) is 9.56. The van der Waals surface area contributed by atoms with Crippen LogP contribution in [-0.2, 0) is 16.0 Å². The Morgan fingerprint density at radius 3 is 2.61 bits per heavy atom. The second-order valence-electron chi connectivity index (χ2n) is 9.56. The van der Waals surface area contributed by atoms with Crippen LogP contribution in [0.4, 0.5) is 0 Å². The first kappa shape index (κ1) is 25.7. The number of benzene rings is 2. The molecule has 1 aromatic heterocycles. The van der Waals surface area contributed by atoms with E-state index in [1.165, 1.54) is 5.56 Å². The number of nitrogens with zero attached hydrogens (tertiary/aromatic N) is 3. The van der Waals surface area contributed by atoms with Crippen LogP contribution in [0.25, 0.3) is 11.8 Å². The first-order chi connectivity index (χ1) is 17.4. The summed E-state index contributed by atoms with van der Waals surface area (Å²) in [4.78, 5) is 19.6. The molecule has 0 radical (unpaired) electrons. The average Bonchev–Trinajstić information content (AvgIpc) is 3.28. The molecule has 36 heavy (non-hydrogen) atoms. The van der Waals surface area contributed by atoms with Crippen LogP contribution in [0.15, 0.2) is 67.1 Å². The predicted octanol–water partition coefficient (Wildman–Crippen LogP) is 4.04. The second kappa shape index (κ2) is 12.0. The lowest BCUT2D eigenvalue weighted by atomic mass is 10.0. The fraction of sp³-hybridized carbons (Fsp3) is 0.379. The largest absolute Gasteiger partial charge is 0.495 e. The zero-order chi connectivity index (χ0) is 25.5. The summed E-state index contributed by atoms with van der Waals surface area (Å²) in [7, 11) is 1.64. The highest BCUT2D eigenvalue weighted by Gasteiger charge is 2.25. The van der Waals surface area contributed by atoms with Crippen LogP contribution >= 0.6 is 0 Å². The van der Waals surface area contributed by atoms with E-state index in [-0.39, 0.29) is 24.2 Å². The maximum atomic E-state index is 12.9. The lowest BCUT2D eigenvalue weighted by molar-refractivity contribution is -0.117. The Balaban J connectivity index is 1.44. The number of aryl methyl sites for hydroxylation is 1. The van der Waals surface area contributed by atoms with Gasteiger partial charge in [-0.2, -0.15) is 0 Å². The summed E-state index contributed by atoms with van der Waals surface area (Å²) < 4.78 is 13.4. The van der Waals surface area contributed by atoms with Gasteiger partial charge in [0.1, 0.15) is 5.75 Å². The van der Waals surface area contributed by atoms with E-state index >= 15 is 0 Å². The molecule has 1 amide bonds. The summed E-state index contributed by atoms with van der Waals surface area (Å²) in [5, 5.41) is 3.23. The molecule has 0 unspecified atom stereocenters. The van der Waals surface area contributed by atoms with Crippen LogP contribution in [0.2, 0.25) is 0 Å². The molecule has 1 aliphatic rings. The number of carbonyl (C=O) groups is 1. The number of methoxy groups -OCH3 is 1. The van der Waals surface area contributed by atoms with E-state index in [0.717, 1.165) is 43.0 Å². The maximum Gasteiger partial charge on any atom is 0.244 e. The quantitative estimate of drug-likeness (QED) is 0.461. The molecule has 1 aliphatic heterocycles. The van der Waals surface area contributed by atoms with Crippen LogP contribution in [0, 0.1) is 6.92 Å². The molecule has 7 nitrogen and oxygen atoms in total. The van der Waals surface area contributed by atoms with Crippen LogP contribution in [0.1, 0.15) is 30.7 Å². The normalized spacial score (nSPS) is 19.3. The molecule has 190 valence electrons. The van der Waals surface area contributed by atoms with Crippen molar-refractivity contribution < 1.29 is 14.3 Å². The highest BCUT2D eigenvalue weighted by Crippen LogP contribution is 2.25. The fourth-order valence-electron chi connectivity index (χ4n) is 4.79. The lowest BCUT2D eigenvalue weighted by Crippen LogP contribution is -2.51. The van der Waals surface area contributed by atoms with Crippen molar-refractivity contribution in [1.29, 1.82) is 0 Å². The van der Waals surface area contributed by atoms with E-state index in [9.17, 15) is 4.79 Å². The van der Waals surface area contributed by atoms with Gasteiger partial charge in [0, 0.05) is 37.9 Å². The number of carbonyl (C=O) groups excluding carboxylic acids is 1. The molecule has 7 heteroatoms. The third-order valence-corrected chi connectivity index (χ3v) is 6.27. The SMILES string of the molecule is COc1cc(C=CC(=O)N[C@H](Cc2ccccc2)CN2C[C@@H](C)O[C@@H](C)C2)ccc1-n1cnc(C)c1. The van der Waals surface area contributed by atoms with Crippen LogP contribution in [0.3, 0.4) is 0 Å². The monoisotopic (exact) mass is 488 g/mol. The molecule has 1 N–H and O–H groups in total. The minimum atomic E-state index is -0.112. The summed E-state index contributed by atoms with van der Waals surface area (Å²) in [5.41, 5.74) is 3.93. The third-order valence-electron chi connectivity index (χ3n) is 6.27. The minimum absolute atomic E-state index is 0.0107. The Morgan fingerprint density at radius 1 is 1.19 bits per heavy atom. The van der Waals surface area contributed by atoms with E-state index in [4.69, 9.17) is 9.47 Å². The number of nitrogens with one attached hydrogen (secondary N) is 1. The molecule has 3 aromatic rings. The van der Waals surface area contributed by atoms with Crippen molar-refractivity contribution in [1.82, 2.24) is 19.8 Å². The third kappa shape index (κ3) is 7.06. The number of aromatic nitrogens is 2. The van der Waals surface area contributed by atoms with Crippen LogP contribution < -0.4 is 10.1 Å². The number of morpholine rings is 1. The van der Waals surface area contributed by atoms with Gasteiger partial charge in [-0.1, -0.05) is 36.4 Å². The van der Waals surface area contributed by atoms with Gasteiger partial charge in [0.05, 0.1) is 37.0 Å². The highest BCUT2D eigenvalue weighted by molar-refractivity contribution is 5.92. The molecule has 3 atom stereocenters. The van der Waals surface area contributed by atoms with Gasteiger partial charge in [-0.15, -0.1) is 0 Å². The number of imidazole rings is 1. The summed E-state index contributed by atoms with van der Waals surface area (Å²) in [6.45, 7) is 8.66. The maximum absolute atomic E-state index is 12.9. The van der Waals surface area contributed by atoms with E-state index < -0.39 is 0 Å². The van der Waals surface area contributed by atoms with Crippen molar-refractivity contribution in [3.63, 3.8) is 0 Å². The molecule has 1 fully saturated rings. The van der Waals surface area contributed by atoms with Gasteiger partial charge in [-0.05, 0) is 56.5 Å². The van der Waals surface area contributed by atoms with Crippen LogP contribution in [-0.4, -0.2) is 65.4 Å². The van der Waals surface area contributed by atoms with Crippen molar-refractivity contribution in [2.45, 2.75) is 45.4 Å². The summed E-state index contributed by atoms with van der Waals surface area (Å²) in [5.74, 6) is 0.603. The van der Waals surface area contributed by atoms with Gasteiger partial charge in [-0.25, -0.2) is 4.98 Å². The van der Waals surface area contributed by atoms with E-state index in [0.29, 0.717) is 5.75 Å². The van der Waals surface area contributed by atoms with Crippen LogP contribution in [0.5, 0.6) is 5.75 Å². The molecule has 0 bridgehead atoms.